The van der Waals surface area contributed by atoms with E-state index in [0.717, 1.165) is 35.9 Å². The summed E-state index contributed by atoms with van der Waals surface area (Å²) in [7, 11) is 0. The summed E-state index contributed by atoms with van der Waals surface area (Å²) in [5.74, 6) is 6.56. The molecule has 1 atom stereocenters. The van der Waals surface area contributed by atoms with E-state index in [1.807, 2.05) is 18.5 Å². The predicted molar refractivity (Wildman–Crippen MR) is 71.1 cm³/mol. The zero-order valence-corrected chi connectivity index (χ0v) is 11.4. The van der Waals surface area contributed by atoms with Crippen molar-refractivity contribution in [3.63, 3.8) is 0 Å². The van der Waals surface area contributed by atoms with E-state index in [1.165, 1.54) is 0 Å². The molecule has 0 saturated carbocycles. The van der Waals surface area contributed by atoms with Crippen LogP contribution in [-0.2, 0) is 19.4 Å². The van der Waals surface area contributed by atoms with Gasteiger partial charge in [0.25, 0.3) is 0 Å². The fourth-order valence-electron chi connectivity index (χ4n) is 1.88. The maximum absolute atomic E-state index is 5.60. The van der Waals surface area contributed by atoms with Gasteiger partial charge in [0.2, 0.25) is 0 Å². The largest absolute Gasteiger partial charge is 0.271 e. The highest BCUT2D eigenvalue weighted by Crippen LogP contribution is 2.11. The molecule has 2 heterocycles. The number of hydrogen-bond donors (Lipinski definition) is 2. The molecular weight excluding hydrogens is 248 g/mol. The standard InChI is InChI=1S/C11H18N6S/c1-3-17-11(13-7-14-17)5-9(16-12)4-10-6-18-8(2)15-10/h6-7,9,16H,3-5,12H2,1-2H3. The first kappa shape index (κ1) is 13.1. The molecule has 0 amide bonds. The minimum Gasteiger partial charge on any atom is -0.271 e. The SMILES string of the molecule is CCn1ncnc1CC(Cc1csc(C)n1)NN. The molecule has 0 saturated heterocycles. The van der Waals surface area contributed by atoms with Crippen LogP contribution in [0.1, 0.15) is 23.4 Å². The molecule has 0 spiro atoms. The molecule has 0 aliphatic heterocycles. The van der Waals surface area contributed by atoms with Crippen LogP contribution in [0, 0.1) is 6.92 Å². The van der Waals surface area contributed by atoms with Crippen molar-refractivity contribution in [2.75, 3.05) is 0 Å². The van der Waals surface area contributed by atoms with Gasteiger partial charge in [0.15, 0.2) is 0 Å². The molecule has 0 radical (unpaired) electrons. The van der Waals surface area contributed by atoms with Crippen molar-refractivity contribution >= 4 is 11.3 Å². The van der Waals surface area contributed by atoms with Gasteiger partial charge in [0.05, 0.1) is 10.7 Å². The van der Waals surface area contributed by atoms with Crippen LogP contribution in [0.3, 0.4) is 0 Å². The van der Waals surface area contributed by atoms with Gasteiger partial charge in [-0.2, -0.15) is 5.10 Å². The molecule has 0 bridgehead atoms. The Bertz CT molecular complexity index is 491. The van der Waals surface area contributed by atoms with Gasteiger partial charge in [-0.3, -0.25) is 16.0 Å². The number of hydrazine groups is 1. The van der Waals surface area contributed by atoms with Gasteiger partial charge < -0.3 is 0 Å². The summed E-state index contributed by atoms with van der Waals surface area (Å²) in [6, 6.07) is 0.126. The molecule has 0 aliphatic rings. The van der Waals surface area contributed by atoms with E-state index in [4.69, 9.17) is 5.84 Å². The van der Waals surface area contributed by atoms with Crippen molar-refractivity contribution in [1.82, 2.24) is 25.2 Å². The fraction of sp³-hybridized carbons (Fsp3) is 0.545. The van der Waals surface area contributed by atoms with Crippen LogP contribution in [0.25, 0.3) is 0 Å². The smallest absolute Gasteiger partial charge is 0.138 e. The van der Waals surface area contributed by atoms with E-state index >= 15 is 0 Å². The number of nitrogens with one attached hydrogen (secondary N) is 1. The lowest BCUT2D eigenvalue weighted by Gasteiger charge is -2.14. The molecule has 3 N–H and O–H groups in total. The van der Waals surface area contributed by atoms with Crippen LogP contribution in [0.15, 0.2) is 11.7 Å². The Hall–Kier alpha value is -1.31. The minimum absolute atomic E-state index is 0.126. The molecule has 2 rings (SSSR count). The molecule has 2 aromatic rings. The van der Waals surface area contributed by atoms with Crippen LogP contribution in [-0.4, -0.2) is 25.8 Å². The first-order valence-corrected chi connectivity index (χ1v) is 6.84. The third kappa shape index (κ3) is 3.12. The van der Waals surface area contributed by atoms with E-state index in [1.54, 1.807) is 17.7 Å². The van der Waals surface area contributed by atoms with Crippen molar-refractivity contribution in [2.45, 2.75) is 39.3 Å². The molecule has 0 aromatic carbocycles. The van der Waals surface area contributed by atoms with E-state index in [-0.39, 0.29) is 6.04 Å². The second kappa shape index (κ2) is 6.03. The Morgan fingerprint density at radius 2 is 2.33 bits per heavy atom. The molecule has 0 fully saturated rings. The van der Waals surface area contributed by atoms with Crippen LogP contribution in [0.2, 0.25) is 0 Å². The lowest BCUT2D eigenvalue weighted by molar-refractivity contribution is 0.487. The number of hydrogen-bond acceptors (Lipinski definition) is 6. The lowest BCUT2D eigenvalue weighted by atomic mass is 10.1. The van der Waals surface area contributed by atoms with Crippen molar-refractivity contribution in [1.29, 1.82) is 0 Å². The van der Waals surface area contributed by atoms with Gasteiger partial charge in [-0.15, -0.1) is 11.3 Å². The monoisotopic (exact) mass is 266 g/mol. The van der Waals surface area contributed by atoms with Crippen molar-refractivity contribution in [3.8, 4) is 0 Å². The second-order valence-electron chi connectivity index (χ2n) is 4.12. The molecule has 7 heteroatoms. The molecular formula is C11H18N6S. The quantitative estimate of drug-likeness (QED) is 0.593. The van der Waals surface area contributed by atoms with E-state index < -0.39 is 0 Å². The van der Waals surface area contributed by atoms with Gasteiger partial charge in [-0.05, 0) is 13.8 Å². The number of nitrogens with two attached hydrogens (primary N) is 1. The highest BCUT2D eigenvalue weighted by atomic mass is 32.1. The summed E-state index contributed by atoms with van der Waals surface area (Å²) < 4.78 is 1.89. The van der Waals surface area contributed by atoms with Gasteiger partial charge in [-0.1, -0.05) is 0 Å². The van der Waals surface area contributed by atoms with Crippen molar-refractivity contribution in [3.05, 3.63) is 28.2 Å². The molecule has 18 heavy (non-hydrogen) atoms. The van der Waals surface area contributed by atoms with E-state index in [2.05, 4.69) is 25.9 Å². The molecule has 1 unspecified atom stereocenters. The van der Waals surface area contributed by atoms with Crippen LogP contribution >= 0.6 is 11.3 Å². The zero-order valence-electron chi connectivity index (χ0n) is 10.6. The third-order valence-electron chi connectivity index (χ3n) is 2.78. The first-order valence-electron chi connectivity index (χ1n) is 5.96. The second-order valence-corrected chi connectivity index (χ2v) is 5.18. The number of aryl methyl sites for hydroxylation is 2. The Morgan fingerprint density at radius 1 is 1.50 bits per heavy atom. The average molecular weight is 266 g/mol. The van der Waals surface area contributed by atoms with Gasteiger partial charge in [0, 0.05) is 30.8 Å². The molecule has 0 aliphatic carbocycles. The third-order valence-corrected chi connectivity index (χ3v) is 3.60. The van der Waals surface area contributed by atoms with Crippen molar-refractivity contribution < 1.29 is 0 Å². The first-order chi connectivity index (χ1) is 8.72. The average Bonchev–Trinajstić information content (AvgIpc) is 2.97. The molecule has 98 valence electrons. The topological polar surface area (TPSA) is 81.7 Å². The number of rotatable bonds is 6. The molecule has 6 nitrogen and oxygen atoms in total. The predicted octanol–water partition coefficient (Wildman–Crippen LogP) is 0.680. The summed E-state index contributed by atoms with van der Waals surface area (Å²) in [6.07, 6.45) is 3.14. The highest BCUT2D eigenvalue weighted by molar-refractivity contribution is 7.09. The zero-order chi connectivity index (χ0) is 13.0. The van der Waals surface area contributed by atoms with Gasteiger partial charge in [0.1, 0.15) is 12.2 Å². The Kier molecular flexibility index (Phi) is 4.40. The normalized spacial score (nSPS) is 12.8. The number of thiazole rings is 1. The number of nitrogens with zero attached hydrogens (tertiary/aromatic N) is 4. The maximum atomic E-state index is 5.60. The van der Waals surface area contributed by atoms with Crippen LogP contribution in [0.4, 0.5) is 0 Å². The summed E-state index contributed by atoms with van der Waals surface area (Å²) in [6.45, 7) is 4.88. The lowest BCUT2D eigenvalue weighted by Crippen LogP contribution is -2.39. The fourth-order valence-corrected chi connectivity index (χ4v) is 2.50. The minimum atomic E-state index is 0.126. The summed E-state index contributed by atoms with van der Waals surface area (Å²) in [4.78, 5) is 8.71. The highest BCUT2D eigenvalue weighted by Gasteiger charge is 2.14. The maximum Gasteiger partial charge on any atom is 0.138 e. The van der Waals surface area contributed by atoms with E-state index in [9.17, 15) is 0 Å². The van der Waals surface area contributed by atoms with Gasteiger partial charge >= 0.3 is 0 Å². The Balaban J connectivity index is 2.01. The van der Waals surface area contributed by atoms with Crippen LogP contribution < -0.4 is 11.3 Å². The summed E-state index contributed by atoms with van der Waals surface area (Å²) in [5.41, 5.74) is 3.91. The summed E-state index contributed by atoms with van der Waals surface area (Å²) >= 11 is 1.66. The van der Waals surface area contributed by atoms with E-state index in [0.29, 0.717) is 0 Å². The van der Waals surface area contributed by atoms with Gasteiger partial charge in [-0.25, -0.2) is 9.97 Å². The summed E-state index contributed by atoms with van der Waals surface area (Å²) in [5, 5.41) is 7.31. The van der Waals surface area contributed by atoms with Crippen molar-refractivity contribution in [2.24, 2.45) is 5.84 Å². The Labute approximate surface area is 110 Å². The number of aromatic nitrogens is 4. The Morgan fingerprint density at radius 3 is 2.94 bits per heavy atom. The van der Waals surface area contributed by atoms with Crippen LogP contribution in [0.5, 0.6) is 0 Å². The molecule has 2 aromatic heterocycles.